The Morgan fingerprint density at radius 2 is 1.78 bits per heavy atom. The largest absolute Gasteiger partial charge is 0.387 e. The Bertz CT molecular complexity index is 439. The molecule has 0 aliphatic heterocycles. The first-order chi connectivity index (χ1) is 8.20. The van der Waals surface area contributed by atoms with Gasteiger partial charge in [0, 0.05) is 11.4 Å². The summed E-state index contributed by atoms with van der Waals surface area (Å²) < 4.78 is 0. The van der Waals surface area contributed by atoms with Gasteiger partial charge in [0.1, 0.15) is 0 Å². The lowest BCUT2D eigenvalue weighted by atomic mass is 9.69. The zero-order valence-electron chi connectivity index (χ0n) is 11.1. The molecule has 100 valence electrons. The van der Waals surface area contributed by atoms with Crippen molar-refractivity contribution in [3.05, 3.63) is 34.9 Å². The Morgan fingerprint density at radius 1 is 1.22 bits per heavy atom. The molecule has 3 heteroatoms. The first-order valence-electron chi connectivity index (χ1n) is 6.34. The minimum atomic E-state index is -0.938. The summed E-state index contributed by atoms with van der Waals surface area (Å²) in [6.07, 6.45) is 2.24. The summed E-state index contributed by atoms with van der Waals surface area (Å²) in [5.74, 6) is 0. The standard InChI is InChI=1S/C15H20Cl2O/c1-13(2,3)15(18,14(17)8-9-14)10-11-6-4-5-7-12(11)16/h4-7,18H,8-10H2,1-3H3/t15-/m0/s1. The van der Waals surface area contributed by atoms with Gasteiger partial charge in [-0.15, -0.1) is 11.6 Å². The molecule has 0 radical (unpaired) electrons. The molecule has 0 heterocycles. The van der Waals surface area contributed by atoms with Crippen molar-refractivity contribution in [2.75, 3.05) is 0 Å². The molecule has 0 amide bonds. The molecular formula is C15H20Cl2O. The van der Waals surface area contributed by atoms with Crippen LogP contribution >= 0.6 is 23.2 Å². The van der Waals surface area contributed by atoms with E-state index in [4.69, 9.17) is 23.2 Å². The lowest BCUT2D eigenvalue weighted by molar-refractivity contribution is -0.0673. The van der Waals surface area contributed by atoms with Crippen molar-refractivity contribution in [1.82, 2.24) is 0 Å². The van der Waals surface area contributed by atoms with Crippen molar-refractivity contribution >= 4 is 23.2 Å². The summed E-state index contributed by atoms with van der Waals surface area (Å²) in [6.45, 7) is 6.10. The van der Waals surface area contributed by atoms with Crippen LogP contribution in [0, 0.1) is 5.41 Å². The Morgan fingerprint density at radius 3 is 2.22 bits per heavy atom. The maximum Gasteiger partial charge on any atom is 0.0927 e. The van der Waals surface area contributed by atoms with Gasteiger partial charge in [0.2, 0.25) is 0 Å². The summed E-state index contributed by atoms with van der Waals surface area (Å²) in [6, 6.07) is 7.66. The SMILES string of the molecule is CC(C)(C)[C@@](O)(Cc1ccccc1Cl)C1(Cl)CC1. The van der Waals surface area contributed by atoms with Crippen LogP contribution in [0.15, 0.2) is 24.3 Å². The normalized spacial score (nSPS) is 21.4. The molecule has 0 saturated heterocycles. The quantitative estimate of drug-likeness (QED) is 0.815. The Labute approximate surface area is 119 Å². The van der Waals surface area contributed by atoms with Crippen LogP contribution in [-0.4, -0.2) is 15.6 Å². The Balaban J connectivity index is 2.36. The number of aliphatic hydroxyl groups is 1. The van der Waals surface area contributed by atoms with Crippen molar-refractivity contribution in [3.8, 4) is 0 Å². The topological polar surface area (TPSA) is 20.2 Å². The molecule has 0 bridgehead atoms. The highest BCUT2D eigenvalue weighted by Crippen LogP contribution is 2.58. The average Bonchev–Trinajstić information content (AvgIpc) is 3.00. The van der Waals surface area contributed by atoms with Gasteiger partial charge in [0.05, 0.1) is 10.5 Å². The lowest BCUT2D eigenvalue weighted by Crippen LogP contribution is -2.53. The molecule has 0 spiro atoms. The monoisotopic (exact) mass is 286 g/mol. The highest BCUT2D eigenvalue weighted by molar-refractivity contribution is 6.31. The van der Waals surface area contributed by atoms with E-state index in [2.05, 4.69) is 0 Å². The minimum absolute atomic E-state index is 0.287. The third-order valence-electron chi connectivity index (χ3n) is 4.08. The number of alkyl halides is 1. The van der Waals surface area contributed by atoms with E-state index in [0.717, 1.165) is 18.4 Å². The van der Waals surface area contributed by atoms with Gasteiger partial charge in [-0.05, 0) is 29.9 Å². The predicted octanol–water partition coefficient (Wildman–Crippen LogP) is 4.43. The summed E-state index contributed by atoms with van der Waals surface area (Å²) in [5, 5.41) is 11.8. The van der Waals surface area contributed by atoms with E-state index in [1.54, 1.807) is 0 Å². The summed E-state index contributed by atoms with van der Waals surface area (Å²) in [7, 11) is 0. The van der Waals surface area contributed by atoms with Gasteiger partial charge >= 0.3 is 0 Å². The van der Waals surface area contributed by atoms with Gasteiger partial charge in [0.15, 0.2) is 0 Å². The molecule has 0 aromatic heterocycles. The van der Waals surface area contributed by atoms with E-state index in [1.807, 2.05) is 45.0 Å². The third kappa shape index (κ3) is 2.29. The molecule has 1 N–H and O–H groups in total. The van der Waals surface area contributed by atoms with E-state index in [1.165, 1.54) is 0 Å². The van der Waals surface area contributed by atoms with Crippen LogP contribution in [0.5, 0.6) is 0 Å². The molecule has 1 aliphatic rings. The second-order valence-corrected chi connectivity index (χ2v) is 7.47. The van der Waals surface area contributed by atoms with E-state index in [9.17, 15) is 5.11 Å². The number of halogens is 2. The fourth-order valence-electron chi connectivity index (χ4n) is 2.54. The van der Waals surface area contributed by atoms with Gasteiger partial charge in [-0.25, -0.2) is 0 Å². The number of hydrogen-bond acceptors (Lipinski definition) is 1. The number of rotatable bonds is 3. The molecule has 18 heavy (non-hydrogen) atoms. The van der Waals surface area contributed by atoms with E-state index in [-0.39, 0.29) is 5.41 Å². The summed E-state index contributed by atoms with van der Waals surface area (Å²) in [5.41, 5.74) is -0.264. The van der Waals surface area contributed by atoms with Crippen LogP contribution in [0.4, 0.5) is 0 Å². The van der Waals surface area contributed by atoms with Gasteiger partial charge in [-0.3, -0.25) is 0 Å². The van der Waals surface area contributed by atoms with Crippen LogP contribution in [-0.2, 0) is 6.42 Å². The molecule has 1 fully saturated rings. The zero-order chi connectivity index (χ0) is 13.6. The summed E-state index contributed by atoms with van der Waals surface area (Å²) in [4.78, 5) is -0.496. The van der Waals surface area contributed by atoms with Crippen LogP contribution in [0.2, 0.25) is 5.02 Å². The molecule has 0 unspecified atom stereocenters. The molecule has 1 saturated carbocycles. The second kappa shape index (κ2) is 4.40. The second-order valence-electron chi connectivity index (χ2n) is 6.34. The lowest BCUT2D eigenvalue weighted by Gasteiger charge is -2.44. The smallest absolute Gasteiger partial charge is 0.0927 e. The molecule has 1 aliphatic carbocycles. The number of benzene rings is 1. The molecule has 1 atom stereocenters. The van der Waals surface area contributed by atoms with Gasteiger partial charge < -0.3 is 5.11 Å². The van der Waals surface area contributed by atoms with Crippen LogP contribution in [0.25, 0.3) is 0 Å². The van der Waals surface area contributed by atoms with Gasteiger partial charge in [-0.2, -0.15) is 0 Å². The van der Waals surface area contributed by atoms with Crippen molar-refractivity contribution in [2.45, 2.75) is 50.5 Å². The molecule has 1 aromatic rings. The fraction of sp³-hybridized carbons (Fsp3) is 0.600. The maximum atomic E-state index is 11.1. The van der Waals surface area contributed by atoms with E-state index < -0.39 is 10.5 Å². The number of hydrogen-bond donors (Lipinski definition) is 1. The Kier molecular flexibility index (Phi) is 3.46. The van der Waals surface area contributed by atoms with Crippen LogP contribution in [0.1, 0.15) is 39.2 Å². The summed E-state index contributed by atoms with van der Waals surface area (Å²) >= 11 is 12.7. The minimum Gasteiger partial charge on any atom is -0.387 e. The van der Waals surface area contributed by atoms with Crippen molar-refractivity contribution in [1.29, 1.82) is 0 Å². The van der Waals surface area contributed by atoms with Crippen molar-refractivity contribution in [2.24, 2.45) is 5.41 Å². The zero-order valence-corrected chi connectivity index (χ0v) is 12.6. The molecule has 1 nitrogen and oxygen atoms in total. The van der Waals surface area contributed by atoms with Crippen molar-refractivity contribution < 1.29 is 5.11 Å². The third-order valence-corrected chi connectivity index (χ3v) is 5.13. The molecule has 1 aromatic carbocycles. The van der Waals surface area contributed by atoms with Gasteiger partial charge in [-0.1, -0.05) is 50.6 Å². The van der Waals surface area contributed by atoms with E-state index in [0.29, 0.717) is 11.4 Å². The van der Waals surface area contributed by atoms with Crippen molar-refractivity contribution in [3.63, 3.8) is 0 Å². The highest BCUT2D eigenvalue weighted by Gasteiger charge is 2.62. The van der Waals surface area contributed by atoms with Crippen LogP contribution < -0.4 is 0 Å². The van der Waals surface area contributed by atoms with E-state index >= 15 is 0 Å². The van der Waals surface area contributed by atoms with Gasteiger partial charge in [0.25, 0.3) is 0 Å². The predicted molar refractivity (Wildman–Crippen MR) is 77.4 cm³/mol. The molecule has 2 rings (SSSR count). The highest BCUT2D eigenvalue weighted by atomic mass is 35.5. The average molecular weight is 287 g/mol. The Hall–Kier alpha value is -0.240. The fourth-order valence-corrected chi connectivity index (χ4v) is 3.18. The van der Waals surface area contributed by atoms with Crippen LogP contribution in [0.3, 0.4) is 0 Å². The molecular weight excluding hydrogens is 267 g/mol. The maximum absolute atomic E-state index is 11.1. The first-order valence-corrected chi connectivity index (χ1v) is 7.10. The first kappa shape index (κ1) is 14.2.